The Morgan fingerprint density at radius 2 is 1.57 bits per heavy atom. The molecule has 2 aliphatic rings. The SMILES string of the molecule is CC1CC(C)CC(N2CC(C)(N)C2)C1. The summed E-state index contributed by atoms with van der Waals surface area (Å²) in [7, 11) is 0. The molecule has 2 rings (SSSR count). The first-order chi connectivity index (χ1) is 6.46. The zero-order chi connectivity index (χ0) is 10.3. The van der Waals surface area contributed by atoms with Crippen molar-refractivity contribution >= 4 is 0 Å². The van der Waals surface area contributed by atoms with Crippen LogP contribution in [0.15, 0.2) is 0 Å². The summed E-state index contributed by atoms with van der Waals surface area (Å²) in [5, 5.41) is 0. The van der Waals surface area contributed by atoms with Gasteiger partial charge in [-0.2, -0.15) is 0 Å². The highest BCUT2D eigenvalue weighted by atomic mass is 15.3. The van der Waals surface area contributed by atoms with E-state index in [9.17, 15) is 0 Å². The fourth-order valence-corrected chi connectivity index (χ4v) is 3.34. The molecule has 1 saturated heterocycles. The van der Waals surface area contributed by atoms with Gasteiger partial charge >= 0.3 is 0 Å². The van der Waals surface area contributed by atoms with Crippen LogP contribution in [0.2, 0.25) is 0 Å². The molecule has 2 atom stereocenters. The number of nitrogens with two attached hydrogens (primary N) is 1. The quantitative estimate of drug-likeness (QED) is 0.693. The lowest BCUT2D eigenvalue weighted by Crippen LogP contribution is -2.68. The molecule has 2 unspecified atom stereocenters. The van der Waals surface area contributed by atoms with E-state index in [0.29, 0.717) is 0 Å². The van der Waals surface area contributed by atoms with Gasteiger partial charge in [0.1, 0.15) is 0 Å². The minimum Gasteiger partial charge on any atom is -0.323 e. The van der Waals surface area contributed by atoms with Crippen molar-refractivity contribution in [2.75, 3.05) is 13.1 Å². The molecule has 2 heteroatoms. The lowest BCUT2D eigenvalue weighted by molar-refractivity contribution is 0.00553. The van der Waals surface area contributed by atoms with Crippen LogP contribution in [0.25, 0.3) is 0 Å². The third-order valence-corrected chi connectivity index (χ3v) is 3.80. The summed E-state index contributed by atoms with van der Waals surface area (Å²) in [6.07, 6.45) is 4.20. The molecule has 0 aromatic carbocycles. The van der Waals surface area contributed by atoms with Crippen molar-refractivity contribution in [3.63, 3.8) is 0 Å². The van der Waals surface area contributed by atoms with Gasteiger partial charge in [-0.05, 0) is 38.0 Å². The first-order valence-electron chi connectivity index (χ1n) is 5.99. The second kappa shape index (κ2) is 3.49. The summed E-state index contributed by atoms with van der Waals surface area (Å²) in [4.78, 5) is 2.59. The van der Waals surface area contributed by atoms with Gasteiger partial charge in [0.15, 0.2) is 0 Å². The average Bonchev–Trinajstić information content (AvgIpc) is 1.97. The Balaban J connectivity index is 1.87. The highest BCUT2D eigenvalue weighted by Gasteiger charge is 2.40. The van der Waals surface area contributed by atoms with E-state index in [4.69, 9.17) is 5.73 Å². The number of likely N-dealkylation sites (tertiary alicyclic amines) is 1. The van der Waals surface area contributed by atoms with Crippen LogP contribution in [0, 0.1) is 11.8 Å². The Labute approximate surface area is 87.8 Å². The summed E-state index contributed by atoms with van der Waals surface area (Å²) in [5.41, 5.74) is 6.15. The maximum Gasteiger partial charge on any atom is 0.0384 e. The average molecular weight is 196 g/mol. The number of hydrogen-bond donors (Lipinski definition) is 1. The molecule has 82 valence electrons. The van der Waals surface area contributed by atoms with E-state index in [0.717, 1.165) is 31.0 Å². The van der Waals surface area contributed by atoms with Crippen molar-refractivity contribution in [3.05, 3.63) is 0 Å². The summed E-state index contributed by atoms with van der Waals surface area (Å²) in [6.45, 7) is 9.17. The zero-order valence-electron chi connectivity index (χ0n) is 9.79. The fraction of sp³-hybridized carbons (Fsp3) is 1.00. The molecule has 0 bridgehead atoms. The molecule has 2 fully saturated rings. The van der Waals surface area contributed by atoms with Gasteiger partial charge in [0.2, 0.25) is 0 Å². The maximum atomic E-state index is 6.05. The van der Waals surface area contributed by atoms with E-state index in [-0.39, 0.29) is 5.54 Å². The van der Waals surface area contributed by atoms with Crippen LogP contribution in [0.3, 0.4) is 0 Å². The second-order valence-corrected chi connectivity index (χ2v) is 6.13. The van der Waals surface area contributed by atoms with Crippen molar-refractivity contribution in [3.8, 4) is 0 Å². The van der Waals surface area contributed by atoms with Gasteiger partial charge in [0, 0.05) is 24.7 Å². The van der Waals surface area contributed by atoms with Crippen LogP contribution in [-0.4, -0.2) is 29.6 Å². The summed E-state index contributed by atoms with van der Waals surface area (Å²) in [6, 6.07) is 0.824. The van der Waals surface area contributed by atoms with Crippen LogP contribution in [0.4, 0.5) is 0 Å². The van der Waals surface area contributed by atoms with Gasteiger partial charge in [-0.3, -0.25) is 4.90 Å². The van der Waals surface area contributed by atoms with Crippen molar-refractivity contribution < 1.29 is 0 Å². The number of nitrogens with zero attached hydrogens (tertiary/aromatic N) is 1. The Morgan fingerprint density at radius 1 is 1.07 bits per heavy atom. The topological polar surface area (TPSA) is 29.3 Å². The molecule has 2 nitrogen and oxygen atoms in total. The normalized spacial score (nSPS) is 43.3. The Bertz CT molecular complexity index is 194. The van der Waals surface area contributed by atoms with E-state index in [1.807, 2.05) is 0 Å². The summed E-state index contributed by atoms with van der Waals surface area (Å²) in [5.74, 6) is 1.82. The van der Waals surface area contributed by atoms with Crippen LogP contribution in [0.1, 0.15) is 40.0 Å². The third-order valence-electron chi connectivity index (χ3n) is 3.80. The molecular weight excluding hydrogens is 172 g/mol. The molecular formula is C12H24N2. The summed E-state index contributed by atoms with van der Waals surface area (Å²) >= 11 is 0. The molecule has 0 spiro atoms. The number of rotatable bonds is 1. The third kappa shape index (κ3) is 2.12. The van der Waals surface area contributed by atoms with Gasteiger partial charge in [0.25, 0.3) is 0 Å². The first-order valence-corrected chi connectivity index (χ1v) is 5.99. The predicted molar refractivity (Wildman–Crippen MR) is 60.1 cm³/mol. The van der Waals surface area contributed by atoms with Crippen molar-refractivity contribution in [2.24, 2.45) is 17.6 Å². The van der Waals surface area contributed by atoms with E-state index in [2.05, 4.69) is 25.7 Å². The molecule has 0 aromatic heterocycles. The predicted octanol–water partition coefficient (Wildman–Crippen LogP) is 1.84. The monoisotopic (exact) mass is 196 g/mol. The lowest BCUT2D eigenvalue weighted by atomic mass is 9.77. The number of hydrogen-bond acceptors (Lipinski definition) is 2. The maximum absolute atomic E-state index is 6.05. The molecule has 1 aliphatic carbocycles. The van der Waals surface area contributed by atoms with Crippen molar-refractivity contribution in [1.82, 2.24) is 4.90 Å². The molecule has 1 saturated carbocycles. The highest BCUT2D eigenvalue weighted by molar-refractivity contribution is 4.99. The van der Waals surface area contributed by atoms with E-state index < -0.39 is 0 Å². The van der Waals surface area contributed by atoms with Gasteiger partial charge in [-0.15, -0.1) is 0 Å². The van der Waals surface area contributed by atoms with E-state index in [1.165, 1.54) is 19.3 Å². The van der Waals surface area contributed by atoms with Gasteiger partial charge < -0.3 is 5.73 Å². The minimum absolute atomic E-state index is 0.101. The van der Waals surface area contributed by atoms with Gasteiger partial charge in [0.05, 0.1) is 0 Å². The van der Waals surface area contributed by atoms with Crippen molar-refractivity contribution in [1.29, 1.82) is 0 Å². The molecule has 1 aliphatic heterocycles. The molecule has 14 heavy (non-hydrogen) atoms. The van der Waals surface area contributed by atoms with E-state index in [1.54, 1.807) is 0 Å². The summed E-state index contributed by atoms with van der Waals surface area (Å²) < 4.78 is 0. The van der Waals surface area contributed by atoms with Crippen LogP contribution < -0.4 is 5.73 Å². The highest BCUT2D eigenvalue weighted by Crippen LogP contribution is 2.34. The van der Waals surface area contributed by atoms with Crippen molar-refractivity contribution in [2.45, 2.75) is 51.6 Å². The smallest absolute Gasteiger partial charge is 0.0384 e. The Kier molecular flexibility index (Phi) is 2.61. The lowest BCUT2D eigenvalue weighted by Gasteiger charge is -2.52. The Morgan fingerprint density at radius 3 is 2.00 bits per heavy atom. The molecule has 0 aromatic rings. The molecule has 0 radical (unpaired) electrons. The van der Waals surface area contributed by atoms with Crippen LogP contribution in [-0.2, 0) is 0 Å². The Hall–Kier alpha value is -0.0800. The van der Waals surface area contributed by atoms with Gasteiger partial charge in [-0.1, -0.05) is 13.8 Å². The molecule has 0 amide bonds. The second-order valence-electron chi connectivity index (χ2n) is 6.13. The molecule has 2 N–H and O–H groups in total. The van der Waals surface area contributed by atoms with Gasteiger partial charge in [-0.25, -0.2) is 0 Å². The fourth-order valence-electron chi connectivity index (χ4n) is 3.34. The largest absolute Gasteiger partial charge is 0.323 e. The first kappa shape index (κ1) is 10.4. The van der Waals surface area contributed by atoms with E-state index >= 15 is 0 Å². The molecule has 1 heterocycles. The minimum atomic E-state index is 0.101. The zero-order valence-corrected chi connectivity index (χ0v) is 9.79. The van der Waals surface area contributed by atoms with Crippen LogP contribution in [0.5, 0.6) is 0 Å². The standard InChI is InChI=1S/C12H24N2/c1-9-4-10(2)6-11(5-9)14-7-12(3,13)8-14/h9-11H,4-8,13H2,1-3H3. The van der Waals surface area contributed by atoms with Crippen LogP contribution >= 0.6 is 0 Å².